The Bertz CT molecular complexity index is 724. The van der Waals surface area contributed by atoms with Gasteiger partial charge in [0.1, 0.15) is 17.2 Å². The molecule has 0 spiro atoms. The zero-order chi connectivity index (χ0) is 21.1. The number of rotatable bonds is 13. The lowest BCUT2D eigenvalue weighted by molar-refractivity contribution is -0.148. The van der Waals surface area contributed by atoms with Gasteiger partial charge in [0, 0.05) is 20.0 Å². The summed E-state index contributed by atoms with van der Waals surface area (Å²) in [4.78, 5) is 11.0. The monoisotopic (exact) mass is 402 g/mol. The molecule has 6 nitrogen and oxygen atoms in total. The highest BCUT2D eigenvalue weighted by atomic mass is 16.5. The van der Waals surface area contributed by atoms with Crippen LogP contribution in [0.5, 0.6) is 17.2 Å². The van der Waals surface area contributed by atoms with Gasteiger partial charge < -0.3 is 24.1 Å². The van der Waals surface area contributed by atoms with Crippen LogP contribution in [0, 0.1) is 5.92 Å². The van der Waals surface area contributed by atoms with Crippen molar-refractivity contribution in [2.45, 2.75) is 32.8 Å². The zero-order valence-corrected chi connectivity index (χ0v) is 17.3. The van der Waals surface area contributed by atoms with E-state index in [1.165, 1.54) is 7.11 Å². The number of benzene rings is 2. The van der Waals surface area contributed by atoms with Crippen molar-refractivity contribution < 1.29 is 28.8 Å². The van der Waals surface area contributed by atoms with Crippen LogP contribution in [-0.2, 0) is 16.0 Å². The molecule has 2 rings (SSSR count). The minimum Gasteiger partial charge on any atom is -0.493 e. The summed E-state index contributed by atoms with van der Waals surface area (Å²) >= 11 is 0. The SMILES string of the molecule is CO[C@@H](Cc1ccc(OCCCOc2ccc(OCC(C)C)cc2)cc1)C(=O)O. The molecule has 0 aromatic heterocycles. The maximum atomic E-state index is 11.0. The molecule has 0 aliphatic heterocycles. The van der Waals surface area contributed by atoms with Gasteiger partial charge in [0.25, 0.3) is 0 Å². The van der Waals surface area contributed by atoms with E-state index >= 15 is 0 Å². The number of carboxylic acids is 1. The van der Waals surface area contributed by atoms with Crippen LogP contribution in [0.15, 0.2) is 48.5 Å². The highest BCUT2D eigenvalue weighted by molar-refractivity contribution is 5.72. The fourth-order valence-corrected chi connectivity index (χ4v) is 2.54. The van der Waals surface area contributed by atoms with Crippen LogP contribution in [0.2, 0.25) is 0 Å². The molecule has 0 amide bonds. The molecule has 1 atom stereocenters. The minimum absolute atomic E-state index is 0.321. The number of aliphatic carboxylic acids is 1. The van der Waals surface area contributed by atoms with E-state index in [2.05, 4.69) is 13.8 Å². The van der Waals surface area contributed by atoms with Crippen LogP contribution in [0.1, 0.15) is 25.8 Å². The summed E-state index contributed by atoms with van der Waals surface area (Å²) in [5.41, 5.74) is 0.885. The summed E-state index contributed by atoms with van der Waals surface area (Å²) in [6, 6.07) is 15.0. The molecule has 0 fully saturated rings. The average Bonchev–Trinajstić information content (AvgIpc) is 2.71. The predicted octanol–water partition coefficient (Wildman–Crippen LogP) is 4.21. The maximum Gasteiger partial charge on any atom is 0.333 e. The van der Waals surface area contributed by atoms with Crippen LogP contribution >= 0.6 is 0 Å². The minimum atomic E-state index is -0.967. The summed E-state index contributed by atoms with van der Waals surface area (Å²) in [5.74, 6) is 1.92. The number of carboxylic acid groups (broad SMARTS) is 1. The predicted molar refractivity (Wildman–Crippen MR) is 111 cm³/mol. The first-order valence-electron chi connectivity index (χ1n) is 9.81. The van der Waals surface area contributed by atoms with E-state index in [0.717, 1.165) is 29.2 Å². The molecule has 0 saturated carbocycles. The third kappa shape index (κ3) is 8.44. The lowest BCUT2D eigenvalue weighted by atomic mass is 10.1. The highest BCUT2D eigenvalue weighted by Gasteiger charge is 2.16. The summed E-state index contributed by atoms with van der Waals surface area (Å²) < 4.78 is 22.0. The number of carbonyl (C=O) groups is 1. The van der Waals surface area contributed by atoms with E-state index in [0.29, 0.717) is 32.2 Å². The lowest BCUT2D eigenvalue weighted by Gasteiger charge is -2.12. The number of hydrogen-bond acceptors (Lipinski definition) is 5. The topological polar surface area (TPSA) is 74.2 Å². The molecule has 0 aliphatic rings. The molecule has 0 heterocycles. The van der Waals surface area contributed by atoms with Crippen molar-refractivity contribution in [3.63, 3.8) is 0 Å². The van der Waals surface area contributed by atoms with Gasteiger partial charge >= 0.3 is 5.97 Å². The van der Waals surface area contributed by atoms with Gasteiger partial charge in [-0.25, -0.2) is 4.79 Å². The Labute approximate surface area is 172 Å². The highest BCUT2D eigenvalue weighted by Crippen LogP contribution is 2.19. The van der Waals surface area contributed by atoms with Gasteiger partial charge in [0.2, 0.25) is 0 Å². The van der Waals surface area contributed by atoms with Crippen molar-refractivity contribution in [2.75, 3.05) is 26.9 Å². The Balaban J connectivity index is 1.65. The van der Waals surface area contributed by atoms with Crippen LogP contribution in [0.4, 0.5) is 0 Å². The standard InChI is InChI=1S/C23H30O6/c1-17(2)16-29-21-11-9-20(10-12-21)28-14-4-13-27-19-7-5-18(6-8-19)15-22(26-3)23(24)25/h5-12,17,22H,4,13-16H2,1-3H3,(H,24,25)/t22-/m0/s1. The summed E-state index contributed by atoms with van der Waals surface area (Å²) in [6.45, 7) is 6.02. The van der Waals surface area contributed by atoms with Gasteiger partial charge in [-0.15, -0.1) is 0 Å². The Morgan fingerprint density at radius 1 is 0.862 bits per heavy atom. The number of hydrogen-bond donors (Lipinski definition) is 1. The van der Waals surface area contributed by atoms with E-state index in [1.807, 2.05) is 48.5 Å². The Morgan fingerprint density at radius 3 is 1.79 bits per heavy atom. The molecule has 0 aliphatic carbocycles. The molecule has 1 N–H and O–H groups in total. The fraction of sp³-hybridized carbons (Fsp3) is 0.435. The Kier molecular flexibility index (Phi) is 9.31. The van der Waals surface area contributed by atoms with Crippen molar-refractivity contribution in [1.82, 2.24) is 0 Å². The van der Waals surface area contributed by atoms with Crippen LogP contribution in [-0.4, -0.2) is 44.1 Å². The van der Waals surface area contributed by atoms with Crippen LogP contribution in [0.3, 0.4) is 0 Å². The molecular formula is C23H30O6. The molecular weight excluding hydrogens is 372 g/mol. The quantitative estimate of drug-likeness (QED) is 0.506. The molecule has 0 saturated heterocycles. The molecule has 2 aromatic rings. The van der Waals surface area contributed by atoms with Gasteiger partial charge in [0.15, 0.2) is 6.10 Å². The molecule has 29 heavy (non-hydrogen) atoms. The van der Waals surface area contributed by atoms with Crippen LogP contribution in [0.25, 0.3) is 0 Å². The fourth-order valence-electron chi connectivity index (χ4n) is 2.54. The average molecular weight is 402 g/mol. The normalized spacial score (nSPS) is 11.9. The third-order valence-corrected chi connectivity index (χ3v) is 4.14. The van der Waals surface area contributed by atoms with E-state index < -0.39 is 12.1 Å². The van der Waals surface area contributed by atoms with E-state index in [1.54, 1.807) is 0 Å². The van der Waals surface area contributed by atoms with Crippen LogP contribution < -0.4 is 14.2 Å². The second-order valence-corrected chi connectivity index (χ2v) is 7.14. The molecule has 158 valence electrons. The van der Waals surface area contributed by atoms with E-state index in [9.17, 15) is 4.79 Å². The van der Waals surface area contributed by atoms with Gasteiger partial charge in [-0.1, -0.05) is 26.0 Å². The Morgan fingerprint density at radius 2 is 1.34 bits per heavy atom. The van der Waals surface area contributed by atoms with Gasteiger partial charge in [0.05, 0.1) is 19.8 Å². The summed E-state index contributed by atoms with van der Waals surface area (Å²) in [7, 11) is 1.40. The van der Waals surface area contributed by atoms with Crippen molar-refractivity contribution in [3.05, 3.63) is 54.1 Å². The van der Waals surface area contributed by atoms with E-state index in [-0.39, 0.29) is 0 Å². The van der Waals surface area contributed by atoms with Gasteiger partial charge in [-0.3, -0.25) is 0 Å². The van der Waals surface area contributed by atoms with Crippen molar-refractivity contribution in [1.29, 1.82) is 0 Å². The largest absolute Gasteiger partial charge is 0.493 e. The smallest absolute Gasteiger partial charge is 0.333 e. The van der Waals surface area contributed by atoms with E-state index in [4.69, 9.17) is 24.1 Å². The first-order chi connectivity index (χ1) is 14.0. The lowest BCUT2D eigenvalue weighted by Crippen LogP contribution is -2.24. The first kappa shape index (κ1) is 22.6. The number of methoxy groups -OCH3 is 1. The van der Waals surface area contributed by atoms with Gasteiger partial charge in [-0.05, 0) is 47.9 Å². The molecule has 0 bridgehead atoms. The second kappa shape index (κ2) is 12.0. The van der Waals surface area contributed by atoms with Crippen molar-refractivity contribution >= 4 is 5.97 Å². The Hall–Kier alpha value is -2.73. The van der Waals surface area contributed by atoms with Gasteiger partial charge in [-0.2, -0.15) is 0 Å². The molecule has 0 radical (unpaired) electrons. The van der Waals surface area contributed by atoms with Crippen molar-refractivity contribution in [2.24, 2.45) is 5.92 Å². The zero-order valence-electron chi connectivity index (χ0n) is 17.3. The molecule has 0 unspecified atom stereocenters. The summed E-state index contributed by atoms with van der Waals surface area (Å²) in [5, 5.41) is 9.03. The van der Waals surface area contributed by atoms with Crippen molar-refractivity contribution in [3.8, 4) is 17.2 Å². The third-order valence-electron chi connectivity index (χ3n) is 4.14. The second-order valence-electron chi connectivity index (χ2n) is 7.14. The molecule has 2 aromatic carbocycles. The molecule has 6 heteroatoms. The summed E-state index contributed by atoms with van der Waals surface area (Å²) in [6.07, 6.45) is 0.231. The number of ether oxygens (including phenoxy) is 4. The maximum absolute atomic E-state index is 11.0. The first-order valence-corrected chi connectivity index (χ1v) is 9.81.